The van der Waals surface area contributed by atoms with Crippen molar-refractivity contribution in [1.82, 2.24) is 14.5 Å². The second-order valence-electron chi connectivity index (χ2n) is 6.63. The second kappa shape index (κ2) is 8.05. The van der Waals surface area contributed by atoms with Gasteiger partial charge in [0.1, 0.15) is 5.75 Å². The summed E-state index contributed by atoms with van der Waals surface area (Å²) in [6, 6.07) is 6.36. The summed E-state index contributed by atoms with van der Waals surface area (Å²) in [6.07, 6.45) is 0.0347. The van der Waals surface area contributed by atoms with Gasteiger partial charge in [0.2, 0.25) is 10.0 Å². The van der Waals surface area contributed by atoms with E-state index in [1.54, 1.807) is 29.2 Å². The van der Waals surface area contributed by atoms with Crippen LogP contribution in [0.5, 0.6) is 5.75 Å². The molecule has 140 valence electrons. The molecule has 2 amide bonds. The van der Waals surface area contributed by atoms with Crippen molar-refractivity contribution in [3.63, 3.8) is 0 Å². The van der Waals surface area contributed by atoms with E-state index >= 15 is 0 Å². The molecule has 0 radical (unpaired) electrons. The third kappa shape index (κ3) is 5.09. The van der Waals surface area contributed by atoms with Gasteiger partial charge in [-0.2, -0.15) is 4.31 Å². The summed E-state index contributed by atoms with van der Waals surface area (Å²) >= 11 is 0. The average Bonchev–Trinajstić information content (AvgIpc) is 2.54. The van der Waals surface area contributed by atoms with Gasteiger partial charge >= 0.3 is 6.03 Å². The highest BCUT2D eigenvalue weighted by Crippen LogP contribution is 2.21. The Morgan fingerprint density at radius 2 is 1.60 bits per heavy atom. The fourth-order valence-electron chi connectivity index (χ4n) is 2.58. The van der Waals surface area contributed by atoms with E-state index in [-0.39, 0.29) is 36.2 Å². The Kier molecular flexibility index (Phi) is 6.29. The van der Waals surface area contributed by atoms with Crippen LogP contribution in [0.25, 0.3) is 0 Å². The van der Waals surface area contributed by atoms with E-state index in [0.717, 1.165) is 0 Å². The third-order valence-electron chi connectivity index (χ3n) is 3.77. The van der Waals surface area contributed by atoms with E-state index in [9.17, 15) is 13.2 Å². The molecule has 0 aromatic heterocycles. The molecule has 1 aliphatic heterocycles. The van der Waals surface area contributed by atoms with E-state index in [2.05, 4.69) is 5.32 Å². The van der Waals surface area contributed by atoms with Crippen molar-refractivity contribution >= 4 is 16.1 Å². The van der Waals surface area contributed by atoms with Crippen LogP contribution in [0, 0.1) is 0 Å². The van der Waals surface area contributed by atoms with Gasteiger partial charge in [0, 0.05) is 32.2 Å². The molecule has 1 aliphatic rings. The molecule has 0 saturated carbocycles. The van der Waals surface area contributed by atoms with Gasteiger partial charge in [-0.15, -0.1) is 0 Å². The summed E-state index contributed by atoms with van der Waals surface area (Å²) in [7, 11) is -3.56. The van der Waals surface area contributed by atoms with E-state index in [1.807, 2.05) is 27.7 Å². The molecular weight excluding hydrogens is 342 g/mol. The van der Waals surface area contributed by atoms with Crippen LogP contribution in [0.2, 0.25) is 0 Å². The molecular formula is C17H27N3O4S. The minimum absolute atomic E-state index is 0.0347. The average molecular weight is 369 g/mol. The minimum Gasteiger partial charge on any atom is -0.491 e. The molecule has 1 N–H and O–H groups in total. The fourth-order valence-corrected chi connectivity index (χ4v) is 4.00. The van der Waals surface area contributed by atoms with Gasteiger partial charge in [-0.3, -0.25) is 0 Å². The highest BCUT2D eigenvalue weighted by molar-refractivity contribution is 7.89. The van der Waals surface area contributed by atoms with Crippen LogP contribution < -0.4 is 10.1 Å². The first-order chi connectivity index (χ1) is 11.7. The zero-order valence-corrected chi connectivity index (χ0v) is 16.0. The van der Waals surface area contributed by atoms with E-state index < -0.39 is 10.0 Å². The molecule has 0 unspecified atom stereocenters. The van der Waals surface area contributed by atoms with Crippen LogP contribution >= 0.6 is 0 Å². The Bertz CT molecular complexity index is 678. The molecule has 0 bridgehead atoms. The van der Waals surface area contributed by atoms with Crippen LogP contribution in [0.15, 0.2) is 29.2 Å². The second-order valence-corrected chi connectivity index (χ2v) is 8.57. The van der Waals surface area contributed by atoms with E-state index in [4.69, 9.17) is 4.74 Å². The molecule has 8 heteroatoms. The SMILES string of the molecule is CC(C)NC(=O)N1CCN(S(=O)(=O)c2ccc(OC(C)C)cc2)CC1. The molecule has 0 atom stereocenters. The molecule has 1 aromatic carbocycles. The van der Waals surface area contributed by atoms with Crippen molar-refractivity contribution in [3.8, 4) is 5.75 Å². The van der Waals surface area contributed by atoms with Crippen LogP contribution in [0.3, 0.4) is 0 Å². The van der Waals surface area contributed by atoms with Gasteiger partial charge in [-0.05, 0) is 52.0 Å². The molecule has 0 aliphatic carbocycles. The summed E-state index contributed by atoms with van der Waals surface area (Å²) in [4.78, 5) is 13.9. The summed E-state index contributed by atoms with van der Waals surface area (Å²) in [5.41, 5.74) is 0. The monoisotopic (exact) mass is 369 g/mol. The number of ether oxygens (including phenoxy) is 1. The molecule has 25 heavy (non-hydrogen) atoms. The maximum atomic E-state index is 12.7. The number of rotatable bonds is 5. The number of urea groups is 1. The fraction of sp³-hybridized carbons (Fsp3) is 0.588. The largest absolute Gasteiger partial charge is 0.491 e. The molecule has 1 aromatic rings. The topological polar surface area (TPSA) is 79.0 Å². The van der Waals surface area contributed by atoms with Crippen LogP contribution in [-0.2, 0) is 10.0 Å². The van der Waals surface area contributed by atoms with E-state index in [0.29, 0.717) is 18.8 Å². The van der Waals surface area contributed by atoms with Gasteiger partial charge in [-0.25, -0.2) is 13.2 Å². The number of benzene rings is 1. The normalized spacial score (nSPS) is 16.3. The van der Waals surface area contributed by atoms with Crippen molar-refractivity contribution in [2.75, 3.05) is 26.2 Å². The third-order valence-corrected chi connectivity index (χ3v) is 5.68. The first-order valence-corrected chi connectivity index (χ1v) is 9.96. The van der Waals surface area contributed by atoms with Gasteiger partial charge in [0.05, 0.1) is 11.0 Å². The molecule has 1 heterocycles. The zero-order valence-electron chi connectivity index (χ0n) is 15.2. The highest BCUT2D eigenvalue weighted by Gasteiger charge is 2.30. The molecule has 0 spiro atoms. The Hall–Kier alpha value is -1.80. The molecule has 1 saturated heterocycles. The Labute approximate surface area is 150 Å². The van der Waals surface area contributed by atoms with Gasteiger partial charge in [0.15, 0.2) is 0 Å². The number of nitrogens with zero attached hydrogens (tertiary/aromatic N) is 2. The molecule has 2 rings (SSSR count). The Balaban J connectivity index is 2.00. The first kappa shape index (κ1) is 19.5. The summed E-state index contributed by atoms with van der Waals surface area (Å²) in [5.74, 6) is 0.643. The van der Waals surface area contributed by atoms with Crippen molar-refractivity contribution in [1.29, 1.82) is 0 Å². The quantitative estimate of drug-likeness (QED) is 0.860. The van der Waals surface area contributed by atoms with Crippen molar-refractivity contribution in [2.24, 2.45) is 0 Å². The maximum absolute atomic E-state index is 12.7. The lowest BCUT2D eigenvalue weighted by Crippen LogP contribution is -2.53. The number of amides is 2. The Morgan fingerprint density at radius 3 is 2.08 bits per heavy atom. The lowest BCUT2D eigenvalue weighted by atomic mass is 10.3. The minimum atomic E-state index is -3.56. The van der Waals surface area contributed by atoms with Crippen LogP contribution in [0.1, 0.15) is 27.7 Å². The number of nitrogens with one attached hydrogen (secondary N) is 1. The maximum Gasteiger partial charge on any atom is 0.317 e. The smallest absolute Gasteiger partial charge is 0.317 e. The number of hydrogen-bond acceptors (Lipinski definition) is 4. The van der Waals surface area contributed by atoms with E-state index in [1.165, 1.54) is 4.31 Å². The molecule has 1 fully saturated rings. The highest BCUT2D eigenvalue weighted by atomic mass is 32.2. The summed E-state index contributed by atoms with van der Waals surface area (Å²) < 4.78 is 32.4. The lowest BCUT2D eigenvalue weighted by molar-refractivity contribution is 0.170. The summed E-state index contributed by atoms with van der Waals surface area (Å²) in [6.45, 7) is 8.96. The van der Waals surface area contributed by atoms with Crippen LogP contribution in [0.4, 0.5) is 4.79 Å². The summed E-state index contributed by atoms with van der Waals surface area (Å²) in [5, 5.41) is 2.82. The molecule has 7 nitrogen and oxygen atoms in total. The van der Waals surface area contributed by atoms with Crippen molar-refractivity contribution < 1.29 is 17.9 Å². The number of carbonyl (C=O) groups is 1. The predicted molar refractivity (Wildman–Crippen MR) is 96.2 cm³/mol. The number of sulfonamides is 1. The van der Waals surface area contributed by atoms with Crippen LogP contribution in [-0.4, -0.2) is 62.0 Å². The van der Waals surface area contributed by atoms with Gasteiger partial charge in [0.25, 0.3) is 0 Å². The van der Waals surface area contributed by atoms with Gasteiger partial charge in [-0.1, -0.05) is 0 Å². The number of hydrogen-bond donors (Lipinski definition) is 1. The Morgan fingerprint density at radius 1 is 1.04 bits per heavy atom. The standard InChI is InChI=1S/C17H27N3O4S/c1-13(2)18-17(21)19-9-11-20(12-10-19)25(22,23)16-7-5-15(6-8-16)24-14(3)4/h5-8,13-14H,9-12H2,1-4H3,(H,18,21). The predicted octanol–water partition coefficient (Wildman–Crippen LogP) is 1.90. The van der Waals surface area contributed by atoms with Crippen molar-refractivity contribution in [3.05, 3.63) is 24.3 Å². The van der Waals surface area contributed by atoms with Gasteiger partial charge < -0.3 is 15.0 Å². The van der Waals surface area contributed by atoms with Crippen molar-refractivity contribution in [2.45, 2.75) is 44.7 Å². The number of piperazine rings is 1. The lowest BCUT2D eigenvalue weighted by Gasteiger charge is -2.34. The zero-order chi connectivity index (χ0) is 18.6. The first-order valence-electron chi connectivity index (χ1n) is 8.52. The number of carbonyl (C=O) groups excluding carboxylic acids is 1.